The fourth-order valence-electron chi connectivity index (χ4n) is 7.45. The Bertz CT molecular complexity index is 2830. The summed E-state index contributed by atoms with van der Waals surface area (Å²) < 4.78 is 6.87. The van der Waals surface area contributed by atoms with E-state index in [1.54, 1.807) is 0 Å². The highest BCUT2D eigenvalue weighted by Gasteiger charge is 2.21. The van der Waals surface area contributed by atoms with Gasteiger partial charge in [0.15, 0.2) is 0 Å². The van der Waals surface area contributed by atoms with Gasteiger partial charge < -0.3 is 4.42 Å². The van der Waals surface area contributed by atoms with Crippen molar-refractivity contribution in [3.63, 3.8) is 0 Å². The van der Waals surface area contributed by atoms with Crippen LogP contribution in [0.4, 0.5) is 0 Å². The topological polar surface area (TPSA) is 13.1 Å². The van der Waals surface area contributed by atoms with E-state index in [0.29, 0.717) is 0 Å². The van der Waals surface area contributed by atoms with Crippen LogP contribution in [-0.2, 0) is 0 Å². The maximum Gasteiger partial charge on any atom is 0.137 e. The number of benzene rings is 9. The molecule has 0 aliphatic rings. The summed E-state index contributed by atoms with van der Waals surface area (Å²) in [7, 11) is 0. The van der Waals surface area contributed by atoms with E-state index < -0.39 is 0 Å². The lowest BCUT2D eigenvalue weighted by Crippen LogP contribution is -1.87. The quantitative estimate of drug-likeness (QED) is 0.186. The van der Waals surface area contributed by atoms with Gasteiger partial charge in [-0.3, -0.25) is 0 Å². The van der Waals surface area contributed by atoms with Crippen LogP contribution in [0.25, 0.3) is 86.6 Å². The molecule has 1 nitrogen and oxygen atoms in total. The molecule has 0 radical (unpaired) electrons. The van der Waals surface area contributed by atoms with Crippen LogP contribution in [-0.4, -0.2) is 0 Å². The largest absolute Gasteiger partial charge is 0.456 e. The first kappa shape index (κ1) is 25.1. The first-order valence-electron chi connectivity index (χ1n) is 15.4. The molecule has 0 fully saturated rings. The van der Waals surface area contributed by atoms with Crippen LogP contribution < -0.4 is 0 Å². The maximum absolute atomic E-state index is 6.87. The monoisotopic (exact) mass is 590 g/mol. The number of furan rings is 1. The number of hydrogen-bond donors (Lipinski definition) is 0. The van der Waals surface area contributed by atoms with Gasteiger partial charge in [-0.1, -0.05) is 133 Å². The average molecular weight is 591 g/mol. The zero-order valence-corrected chi connectivity index (χ0v) is 25.4. The average Bonchev–Trinajstić information content (AvgIpc) is 3.47. The maximum atomic E-state index is 6.87. The van der Waals surface area contributed by atoms with Gasteiger partial charge in [0.1, 0.15) is 11.2 Å². The summed E-state index contributed by atoms with van der Waals surface area (Å²) in [5.41, 5.74) is 3.12. The molecule has 0 aliphatic heterocycles. The molecule has 10 aromatic rings. The van der Waals surface area contributed by atoms with E-state index in [0.717, 1.165) is 11.2 Å². The lowest BCUT2D eigenvalue weighted by atomic mass is 9.90. The molecular weight excluding hydrogens is 565 g/mol. The number of aryl methyl sites for hydroxylation is 1. The second kappa shape index (κ2) is 9.34. The number of hydrogen-bond acceptors (Lipinski definition) is 2. The van der Waals surface area contributed by atoms with Gasteiger partial charge in [0.2, 0.25) is 0 Å². The highest BCUT2D eigenvalue weighted by molar-refractivity contribution is 7.99. The fraction of sp³-hybridized carbons (Fsp3) is 0.0233. The van der Waals surface area contributed by atoms with Crippen molar-refractivity contribution >= 4 is 98.3 Å². The lowest BCUT2D eigenvalue weighted by Gasteiger charge is -2.14. The van der Waals surface area contributed by atoms with Crippen molar-refractivity contribution in [2.75, 3.05) is 0 Å². The van der Waals surface area contributed by atoms with Gasteiger partial charge in [-0.2, -0.15) is 0 Å². The SMILES string of the molecule is Cc1ccc(Sc2cc3oc4ccc5ccc6ccc7ccccc7c6c5c4c3c3c2ccc2ccc4ccccc4c23)cc1. The molecular formula is C43H26OS. The van der Waals surface area contributed by atoms with E-state index in [2.05, 4.69) is 146 Å². The molecule has 0 atom stereocenters. The Hall–Kier alpha value is -5.31. The van der Waals surface area contributed by atoms with E-state index >= 15 is 0 Å². The van der Waals surface area contributed by atoms with Crippen LogP contribution in [0.5, 0.6) is 0 Å². The first-order chi connectivity index (χ1) is 22.2. The van der Waals surface area contributed by atoms with Crippen LogP contribution in [0.15, 0.2) is 154 Å². The first-order valence-corrected chi connectivity index (χ1v) is 16.2. The minimum absolute atomic E-state index is 0.925. The third kappa shape index (κ3) is 3.64. The van der Waals surface area contributed by atoms with Crippen molar-refractivity contribution in [1.29, 1.82) is 0 Å². The molecule has 0 bridgehead atoms. The Balaban J connectivity index is 1.47. The van der Waals surface area contributed by atoms with Crippen LogP contribution in [0.1, 0.15) is 5.56 Å². The minimum atomic E-state index is 0.925. The molecule has 2 heteroatoms. The van der Waals surface area contributed by atoms with Gasteiger partial charge in [0, 0.05) is 31.3 Å². The predicted molar refractivity (Wildman–Crippen MR) is 194 cm³/mol. The van der Waals surface area contributed by atoms with Gasteiger partial charge in [-0.15, -0.1) is 0 Å². The molecule has 210 valence electrons. The molecule has 10 rings (SSSR count). The van der Waals surface area contributed by atoms with Crippen LogP contribution in [0.3, 0.4) is 0 Å². The van der Waals surface area contributed by atoms with Crippen molar-refractivity contribution in [3.8, 4) is 0 Å². The Morgan fingerprint density at radius 1 is 0.400 bits per heavy atom. The zero-order chi connectivity index (χ0) is 29.6. The van der Waals surface area contributed by atoms with Crippen molar-refractivity contribution in [2.45, 2.75) is 16.7 Å². The van der Waals surface area contributed by atoms with Crippen molar-refractivity contribution in [1.82, 2.24) is 0 Å². The molecule has 9 aromatic carbocycles. The highest BCUT2D eigenvalue weighted by atomic mass is 32.2. The second-order valence-corrected chi connectivity index (χ2v) is 13.2. The van der Waals surface area contributed by atoms with E-state index in [9.17, 15) is 0 Å². The van der Waals surface area contributed by atoms with E-state index in [1.807, 2.05) is 11.8 Å². The van der Waals surface area contributed by atoms with E-state index in [4.69, 9.17) is 4.42 Å². The Labute approximate surface area is 263 Å². The van der Waals surface area contributed by atoms with E-state index in [-0.39, 0.29) is 0 Å². The van der Waals surface area contributed by atoms with Gasteiger partial charge in [0.05, 0.1) is 0 Å². The number of fused-ring (bicyclic) bond motifs is 15. The molecule has 0 unspecified atom stereocenters. The zero-order valence-electron chi connectivity index (χ0n) is 24.6. The van der Waals surface area contributed by atoms with Crippen LogP contribution in [0, 0.1) is 6.92 Å². The smallest absolute Gasteiger partial charge is 0.137 e. The third-order valence-electron chi connectivity index (χ3n) is 9.51. The highest BCUT2D eigenvalue weighted by Crippen LogP contribution is 2.48. The number of rotatable bonds is 2. The summed E-state index contributed by atoms with van der Waals surface area (Å²) in [5.74, 6) is 0. The molecule has 45 heavy (non-hydrogen) atoms. The lowest BCUT2D eigenvalue weighted by molar-refractivity contribution is 0.668. The Morgan fingerprint density at radius 3 is 1.62 bits per heavy atom. The van der Waals surface area contributed by atoms with Crippen LogP contribution >= 0.6 is 11.8 Å². The molecule has 0 amide bonds. The second-order valence-electron chi connectivity index (χ2n) is 12.1. The molecule has 0 aliphatic carbocycles. The summed E-state index contributed by atoms with van der Waals surface area (Å²) in [5, 5.41) is 17.5. The summed E-state index contributed by atoms with van der Waals surface area (Å²) in [4.78, 5) is 2.42. The standard InChI is InChI=1S/C43H26OS/c1-25-10-20-31(21-11-25)45-37-24-36-43(41-34(37)22-18-29-15-13-27-7-3-5-9-33(27)39(29)41)42-35(44-36)23-19-30-17-16-28-14-12-26-6-2-4-8-32(26)38(28)40(30)42/h2-24H,1H3. The Kier molecular flexibility index (Phi) is 5.20. The van der Waals surface area contributed by atoms with Crippen molar-refractivity contribution in [3.05, 3.63) is 145 Å². The van der Waals surface area contributed by atoms with Crippen molar-refractivity contribution < 1.29 is 4.42 Å². The van der Waals surface area contributed by atoms with Gasteiger partial charge in [0.25, 0.3) is 0 Å². The summed E-state index contributed by atoms with van der Waals surface area (Å²) in [6.07, 6.45) is 0. The van der Waals surface area contributed by atoms with E-state index in [1.165, 1.54) is 90.8 Å². The Morgan fingerprint density at radius 2 is 0.933 bits per heavy atom. The summed E-state index contributed by atoms with van der Waals surface area (Å²) in [6, 6.07) is 51.1. The van der Waals surface area contributed by atoms with Gasteiger partial charge in [-0.05, 0) is 85.1 Å². The van der Waals surface area contributed by atoms with Gasteiger partial charge >= 0.3 is 0 Å². The van der Waals surface area contributed by atoms with Crippen molar-refractivity contribution in [2.24, 2.45) is 0 Å². The van der Waals surface area contributed by atoms with Gasteiger partial charge in [-0.25, -0.2) is 0 Å². The summed E-state index contributed by atoms with van der Waals surface area (Å²) in [6.45, 7) is 2.14. The van der Waals surface area contributed by atoms with Crippen LogP contribution in [0.2, 0.25) is 0 Å². The molecule has 1 heterocycles. The minimum Gasteiger partial charge on any atom is -0.456 e. The molecule has 0 N–H and O–H groups in total. The predicted octanol–water partition coefficient (Wildman–Crippen LogP) is 13.0. The molecule has 0 spiro atoms. The third-order valence-corrected chi connectivity index (χ3v) is 10.6. The fourth-order valence-corrected chi connectivity index (χ4v) is 8.42. The summed E-state index contributed by atoms with van der Waals surface area (Å²) >= 11 is 1.81. The molecule has 0 saturated carbocycles. The molecule has 1 aromatic heterocycles. The normalized spacial score (nSPS) is 12.2. The molecule has 0 saturated heterocycles.